The number of hydrogen-bond donors (Lipinski definition) is 1. The molecule has 1 aromatic carbocycles. The summed E-state index contributed by atoms with van der Waals surface area (Å²) in [4.78, 5) is 0. The molecule has 1 atom stereocenters. The van der Waals surface area contributed by atoms with Crippen molar-refractivity contribution in [3.63, 3.8) is 0 Å². The first-order valence-corrected chi connectivity index (χ1v) is 4.25. The molecule has 0 radical (unpaired) electrons. The van der Waals surface area contributed by atoms with Crippen molar-refractivity contribution in [1.82, 2.24) is 0 Å². The molecule has 1 aliphatic heterocycles. The molecule has 0 aliphatic carbocycles. The van der Waals surface area contributed by atoms with E-state index in [4.69, 9.17) is 10.5 Å². The van der Waals surface area contributed by atoms with Gasteiger partial charge in [0.1, 0.15) is 12.4 Å². The van der Waals surface area contributed by atoms with Gasteiger partial charge in [0.25, 0.3) is 0 Å². The zero-order valence-corrected chi connectivity index (χ0v) is 7.47. The van der Waals surface area contributed by atoms with E-state index < -0.39 is 0 Å². The van der Waals surface area contributed by atoms with Crippen LogP contribution >= 0.6 is 15.9 Å². The summed E-state index contributed by atoms with van der Waals surface area (Å²) < 4.78 is 6.38. The summed E-state index contributed by atoms with van der Waals surface area (Å²) in [6.45, 7) is 0.595. The molecule has 0 saturated carbocycles. The average molecular weight is 214 g/mol. The molecule has 0 saturated heterocycles. The quantitative estimate of drug-likeness (QED) is 0.715. The van der Waals surface area contributed by atoms with Crippen LogP contribution in [0.15, 0.2) is 22.7 Å². The van der Waals surface area contributed by atoms with Crippen molar-refractivity contribution in [1.29, 1.82) is 0 Å². The second-order valence-corrected chi connectivity index (χ2v) is 3.42. The van der Waals surface area contributed by atoms with Gasteiger partial charge in [-0.1, -0.05) is 22.0 Å². The monoisotopic (exact) mass is 213 g/mol. The van der Waals surface area contributed by atoms with Gasteiger partial charge in [-0.25, -0.2) is 0 Å². The van der Waals surface area contributed by atoms with Gasteiger partial charge in [0.2, 0.25) is 0 Å². The Bertz CT molecular complexity index is 287. The lowest BCUT2D eigenvalue weighted by Gasteiger charge is -2.01. The number of hydrogen-bond acceptors (Lipinski definition) is 2. The Balaban J connectivity index is 2.58. The Labute approximate surface area is 73.5 Å². The third kappa shape index (κ3) is 1.04. The standard InChI is InChI=1S/C8H8BrNO/c9-5-2-1-3-7-8(5)6(10)4-11-7/h1-3,6H,4,10H2/t6-/m1/s1. The molecular weight excluding hydrogens is 206 g/mol. The molecule has 1 aromatic rings. The normalized spacial score (nSPS) is 21.1. The van der Waals surface area contributed by atoms with Crippen molar-refractivity contribution in [2.24, 2.45) is 5.73 Å². The fourth-order valence-corrected chi connectivity index (χ4v) is 1.91. The van der Waals surface area contributed by atoms with E-state index in [2.05, 4.69) is 15.9 Å². The molecule has 0 fully saturated rings. The summed E-state index contributed by atoms with van der Waals surface area (Å²) in [5, 5.41) is 0. The van der Waals surface area contributed by atoms with Crippen LogP contribution in [-0.2, 0) is 0 Å². The van der Waals surface area contributed by atoms with Crippen LogP contribution in [0.3, 0.4) is 0 Å². The summed E-state index contributed by atoms with van der Waals surface area (Å²) in [7, 11) is 0. The van der Waals surface area contributed by atoms with Gasteiger partial charge in [0, 0.05) is 10.0 Å². The van der Waals surface area contributed by atoms with E-state index in [0.717, 1.165) is 15.8 Å². The molecule has 1 aliphatic rings. The zero-order chi connectivity index (χ0) is 7.84. The van der Waals surface area contributed by atoms with Crippen molar-refractivity contribution in [2.45, 2.75) is 6.04 Å². The van der Waals surface area contributed by atoms with Crippen molar-refractivity contribution in [2.75, 3.05) is 6.61 Å². The minimum Gasteiger partial charge on any atom is -0.491 e. The molecule has 58 valence electrons. The Hall–Kier alpha value is -0.540. The molecule has 0 amide bonds. The number of benzene rings is 1. The Morgan fingerprint density at radius 2 is 2.36 bits per heavy atom. The Kier molecular flexibility index (Phi) is 1.62. The van der Waals surface area contributed by atoms with Gasteiger partial charge in [-0.3, -0.25) is 0 Å². The van der Waals surface area contributed by atoms with Crippen LogP contribution in [0.25, 0.3) is 0 Å². The van der Waals surface area contributed by atoms with E-state index in [1.807, 2.05) is 18.2 Å². The first kappa shape index (κ1) is 7.13. The van der Waals surface area contributed by atoms with Crippen LogP contribution < -0.4 is 10.5 Å². The smallest absolute Gasteiger partial charge is 0.125 e. The average Bonchev–Trinajstić information content (AvgIpc) is 2.34. The van der Waals surface area contributed by atoms with E-state index in [-0.39, 0.29) is 6.04 Å². The number of fused-ring (bicyclic) bond motifs is 1. The maximum atomic E-state index is 5.79. The lowest BCUT2D eigenvalue weighted by atomic mass is 10.1. The molecule has 2 nitrogen and oxygen atoms in total. The summed E-state index contributed by atoms with van der Waals surface area (Å²) in [5.41, 5.74) is 6.88. The first-order chi connectivity index (χ1) is 5.29. The number of ether oxygens (including phenoxy) is 1. The number of rotatable bonds is 0. The van der Waals surface area contributed by atoms with Gasteiger partial charge in [0.05, 0.1) is 6.04 Å². The van der Waals surface area contributed by atoms with Crippen LogP contribution in [0.4, 0.5) is 0 Å². The van der Waals surface area contributed by atoms with E-state index in [0.29, 0.717) is 6.61 Å². The highest BCUT2D eigenvalue weighted by atomic mass is 79.9. The van der Waals surface area contributed by atoms with E-state index in [9.17, 15) is 0 Å². The van der Waals surface area contributed by atoms with Gasteiger partial charge >= 0.3 is 0 Å². The third-order valence-electron chi connectivity index (χ3n) is 1.80. The second-order valence-electron chi connectivity index (χ2n) is 2.57. The molecule has 3 heteroatoms. The van der Waals surface area contributed by atoms with Crippen molar-refractivity contribution >= 4 is 15.9 Å². The molecule has 0 unspecified atom stereocenters. The van der Waals surface area contributed by atoms with Crippen molar-refractivity contribution < 1.29 is 4.74 Å². The van der Waals surface area contributed by atoms with E-state index in [1.54, 1.807) is 0 Å². The summed E-state index contributed by atoms with van der Waals surface area (Å²) in [5.74, 6) is 0.909. The molecule has 2 N–H and O–H groups in total. The molecule has 0 spiro atoms. The lowest BCUT2D eigenvalue weighted by Crippen LogP contribution is -2.11. The Morgan fingerprint density at radius 3 is 3.09 bits per heavy atom. The SMILES string of the molecule is N[C@@H]1COc2cccc(Br)c21. The fraction of sp³-hybridized carbons (Fsp3) is 0.250. The first-order valence-electron chi connectivity index (χ1n) is 3.46. The Morgan fingerprint density at radius 1 is 1.55 bits per heavy atom. The van der Waals surface area contributed by atoms with E-state index >= 15 is 0 Å². The summed E-state index contributed by atoms with van der Waals surface area (Å²) in [6.07, 6.45) is 0. The minimum atomic E-state index is 0.0283. The summed E-state index contributed by atoms with van der Waals surface area (Å²) >= 11 is 3.43. The van der Waals surface area contributed by atoms with Crippen molar-refractivity contribution in [3.05, 3.63) is 28.2 Å². The van der Waals surface area contributed by atoms with Crippen LogP contribution in [0.1, 0.15) is 11.6 Å². The third-order valence-corrected chi connectivity index (χ3v) is 2.49. The van der Waals surface area contributed by atoms with Crippen LogP contribution in [0.5, 0.6) is 5.75 Å². The van der Waals surface area contributed by atoms with Crippen LogP contribution in [0, 0.1) is 0 Å². The summed E-state index contributed by atoms with van der Waals surface area (Å²) in [6, 6.07) is 5.89. The molecule has 11 heavy (non-hydrogen) atoms. The van der Waals surface area contributed by atoms with Gasteiger partial charge in [-0.05, 0) is 12.1 Å². The van der Waals surface area contributed by atoms with Gasteiger partial charge in [-0.15, -0.1) is 0 Å². The maximum absolute atomic E-state index is 5.79. The largest absolute Gasteiger partial charge is 0.491 e. The molecule has 1 heterocycles. The maximum Gasteiger partial charge on any atom is 0.125 e. The highest BCUT2D eigenvalue weighted by Crippen LogP contribution is 2.36. The highest BCUT2D eigenvalue weighted by molar-refractivity contribution is 9.10. The van der Waals surface area contributed by atoms with Crippen molar-refractivity contribution in [3.8, 4) is 5.75 Å². The zero-order valence-electron chi connectivity index (χ0n) is 5.88. The number of halogens is 1. The predicted octanol–water partition coefficient (Wildman–Crippen LogP) is 1.84. The number of nitrogens with two attached hydrogens (primary N) is 1. The van der Waals surface area contributed by atoms with Gasteiger partial charge in [-0.2, -0.15) is 0 Å². The molecule has 2 rings (SSSR count). The van der Waals surface area contributed by atoms with Gasteiger partial charge < -0.3 is 10.5 Å². The second kappa shape index (κ2) is 2.50. The van der Waals surface area contributed by atoms with Gasteiger partial charge in [0.15, 0.2) is 0 Å². The topological polar surface area (TPSA) is 35.2 Å². The van der Waals surface area contributed by atoms with E-state index in [1.165, 1.54) is 0 Å². The minimum absolute atomic E-state index is 0.0283. The lowest BCUT2D eigenvalue weighted by molar-refractivity contribution is 0.333. The predicted molar refractivity (Wildman–Crippen MR) is 46.6 cm³/mol. The van der Waals surface area contributed by atoms with Crippen LogP contribution in [0.2, 0.25) is 0 Å². The highest BCUT2D eigenvalue weighted by Gasteiger charge is 2.22. The van der Waals surface area contributed by atoms with Crippen LogP contribution in [-0.4, -0.2) is 6.61 Å². The fourth-order valence-electron chi connectivity index (χ4n) is 1.27. The molecule has 0 aromatic heterocycles. The molecular formula is C8H8BrNO. The molecule has 0 bridgehead atoms.